The van der Waals surface area contributed by atoms with Crippen LogP contribution in [-0.4, -0.2) is 16.0 Å². The van der Waals surface area contributed by atoms with Crippen molar-refractivity contribution in [1.82, 2.24) is 10.3 Å². The van der Waals surface area contributed by atoms with Crippen LogP contribution in [0, 0.1) is 20.8 Å². The normalized spacial score (nSPS) is 11.2. The number of thiophene rings is 1. The van der Waals surface area contributed by atoms with Crippen molar-refractivity contribution in [3.8, 4) is 11.5 Å². The predicted molar refractivity (Wildman–Crippen MR) is 149 cm³/mol. The molecule has 3 aromatic carbocycles. The number of halogens is 2. The number of rotatable bonds is 3. The molecule has 0 spiro atoms. The van der Waals surface area contributed by atoms with Crippen molar-refractivity contribution in [2.75, 3.05) is 5.32 Å². The van der Waals surface area contributed by atoms with E-state index in [1.165, 1.54) is 11.3 Å². The fourth-order valence-electron chi connectivity index (χ4n) is 3.80. The Morgan fingerprint density at radius 1 is 1.06 bits per heavy atom. The molecule has 176 valence electrons. The first-order valence-electron chi connectivity index (χ1n) is 10.7. The van der Waals surface area contributed by atoms with E-state index in [2.05, 4.69) is 22.5 Å². The molecular weight excluding hydrogens is 521 g/mol. The first-order chi connectivity index (χ1) is 16.7. The van der Waals surface area contributed by atoms with Crippen LogP contribution in [0.4, 0.5) is 5.69 Å². The van der Waals surface area contributed by atoms with Crippen LogP contribution in [0.2, 0.25) is 10.0 Å². The highest BCUT2D eigenvalue weighted by molar-refractivity contribution is 7.80. The Morgan fingerprint density at radius 3 is 2.63 bits per heavy atom. The Bertz CT molecular complexity index is 1620. The number of hydrogen-bond acceptors (Lipinski definition) is 5. The lowest BCUT2D eigenvalue weighted by atomic mass is 10.1. The van der Waals surface area contributed by atoms with Crippen LogP contribution in [0.5, 0.6) is 0 Å². The topological polar surface area (TPSA) is 67.2 Å². The highest BCUT2D eigenvalue weighted by Gasteiger charge is 2.19. The van der Waals surface area contributed by atoms with Crippen molar-refractivity contribution < 1.29 is 9.21 Å². The molecule has 0 saturated heterocycles. The lowest BCUT2D eigenvalue weighted by molar-refractivity contribution is 0.0982. The molecule has 2 aromatic heterocycles. The second-order valence-corrected chi connectivity index (χ2v) is 10.5. The number of amides is 1. The van der Waals surface area contributed by atoms with Gasteiger partial charge in [0.05, 0.1) is 5.02 Å². The Morgan fingerprint density at radius 2 is 1.83 bits per heavy atom. The van der Waals surface area contributed by atoms with Crippen LogP contribution in [0.3, 0.4) is 0 Å². The van der Waals surface area contributed by atoms with Crippen molar-refractivity contribution in [3.05, 3.63) is 80.1 Å². The maximum absolute atomic E-state index is 12.9. The van der Waals surface area contributed by atoms with Crippen LogP contribution in [0.25, 0.3) is 32.6 Å². The minimum absolute atomic E-state index is 0.158. The monoisotopic (exact) mass is 539 g/mol. The number of benzene rings is 3. The number of carbonyl (C=O) groups is 1. The summed E-state index contributed by atoms with van der Waals surface area (Å²) in [6.07, 6.45) is 0. The van der Waals surface area contributed by atoms with Crippen molar-refractivity contribution in [1.29, 1.82) is 0 Å². The molecule has 0 radical (unpaired) electrons. The average molecular weight is 540 g/mol. The maximum atomic E-state index is 12.9. The lowest BCUT2D eigenvalue weighted by Crippen LogP contribution is -2.34. The molecular formula is C26H19Cl2N3O2S2. The second kappa shape index (κ2) is 9.24. The van der Waals surface area contributed by atoms with E-state index in [0.29, 0.717) is 20.8 Å². The molecule has 0 aliphatic carbocycles. The minimum atomic E-state index is -0.386. The number of hydrogen-bond donors (Lipinski definition) is 2. The van der Waals surface area contributed by atoms with Crippen LogP contribution in [0.1, 0.15) is 26.4 Å². The van der Waals surface area contributed by atoms with Gasteiger partial charge in [-0.3, -0.25) is 10.1 Å². The summed E-state index contributed by atoms with van der Waals surface area (Å²) in [7, 11) is 0. The number of oxazole rings is 1. The van der Waals surface area contributed by atoms with Gasteiger partial charge in [0, 0.05) is 26.4 Å². The third kappa shape index (κ3) is 4.52. The van der Waals surface area contributed by atoms with E-state index < -0.39 is 0 Å². The van der Waals surface area contributed by atoms with Gasteiger partial charge in [-0.1, -0.05) is 35.3 Å². The number of nitrogens with zero attached hydrogens (tertiary/aromatic N) is 1. The molecule has 0 aliphatic heterocycles. The Balaban J connectivity index is 1.37. The lowest BCUT2D eigenvalue weighted by Gasteiger charge is -2.13. The van der Waals surface area contributed by atoms with Gasteiger partial charge >= 0.3 is 0 Å². The Kier molecular flexibility index (Phi) is 6.27. The number of nitrogens with one attached hydrogen (secondary N) is 2. The largest absolute Gasteiger partial charge is 0.436 e. The first-order valence-corrected chi connectivity index (χ1v) is 12.7. The number of aryl methyl sites for hydroxylation is 2. The molecule has 0 aliphatic rings. The van der Waals surface area contributed by atoms with Gasteiger partial charge in [-0.15, -0.1) is 11.3 Å². The van der Waals surface area contributed by atoms with Gasteiger partial charge < -0.3 is 9.73 Å². The fraction of sp³-hybridized carbons (Fsp3) is 0.115. The summed E-state index contributed by atoms with van der Waals surface area (Å²) < 4.78 is 6.87. The molecule has 2 N–H and O–H groups in total. The summed E-state index contributed by atoms with van der Waals surface area (Å²) in [5.41, 5.74) is 6.31. The molecule has 2 heterocycles. The second-order valence-electron chi connectivity index (χ2n) is 8.20. The Labute approximate surface area is 221 Å². The van der Waals surface area contributed by atoms with Gasteiger partial charge in [-0.05, 0) is 86.1 Å². The van der Waals surface area contributed by atoms with Crippen molar-refractivity contribution in [3.63, 3.8) is 0 Å². The molecule has 35 heavy (non-hydrogen) atoms. The van der Waals surface area contributed by atoms with E-state index in [0.717, 1.165) is 49.1 Å². The molecule has 1 amide bonds. The number of fused-ring (bicyclic) bond motifs is 2. The average Bonchev–Trinajstić information content (AvgIpc) is 3.35. The van der Waals surface area contributed by atoms with E-state index in [-0.39, 0.29) is 11.0 Å². The van der Waals surface area contributed by atoms with E-state index in [1.54, 1.807) is 18.2 Å². The predicted octanol–water partition coefficient (Wildman–Crippen LogP) is 8.07. The zero-order valence-electron chi connectivity index (χ0n) is 19.0. The summed E-state index contributed by atoms with van der Waals surface area (Å²) in [6, 6.07) is 15.0. The highest BCUT2D eigenvalue weighted by atomic mass is 35.5. The molecule has 0 atom stereocenters. The van der Waals surface area contributed by atoms with E-state index in [9.17, 15) is 4.79 Å². The molecule has 5 nitrogen and oxygen atoms in total. The van der Waals surface area contributed by atoms with Gasteiger partial charge in [-0.2, -0.15) is 0 Å². The highest BCUT2D eigenvalue weighted by Crippen LogP contribution is 2.37. The summed E-state index contributed by atoms with van der Waals surface area (Å²) in [6.45, 7) is 6.04. The van der Waals surface area contributed by atoms with Crippen molar-refractivity contribution in [2.45, 2.75) is 20.8 Å². The van der Waals surface area contributed by atoms with Gasteiger partial charge in [0.2, 0.25) is 5.89 Å². The minimum Gasteiger partial charge on any atom is -0.436 e. The maximum Gasteiger partial charge on any atom is 0.269 e. The van der Waals surface area contributed by atoms with Gasteiger partial charge in [0.15, 0.2) is 10.7 Å². The molecule has 5 rings (SSSR count). The van der Waals surface area contributed by atoms with Gasteiger partial charge in [-0.25, -0.2) is 4.98 Å². The zero-order valence-corrected chi connectivity index (χ0v) is 22.1. The van der Waals surface area contributed by atoms with Crippen molar-refractivity contribution in [2.24, 2.45) is 0 Å². The molecule has 0 fully saturated rings. The van der Waals surface area contributed by atoms with Gasteiger partial charge in [0.25, 0.3) is 5.91 Å². The Hall–Kier alpha value is -2.97. The van der Waals surface area contributed by atoms with Crippen LogP contribution in [-0.2, 0) is 0 Å². The standard InChI is InChI=1S/C26H19Cl2N3O2S2/c1-12-9-19-20(10-13(12)2)33-25(29-19)16-5-4-6-18(14(16)3)30-26(34)31-24(32)23-22(28)17-8-7-15(27)11-21(17)35-23/h4-11H,1-3H3,(H2,30,31,32,34). The quantitative estimate of drug-likeness (QED) is 0.227. The zero-order chi connectivity index (χ0) is 24.9. The number of anilines is 1. The summed E-state index contributed by atoms with van der Waals surface area (Å²) in [5.74, 6) is 0.139. The molecule has 5 aromatic rings. The number of carbonyl (C=O) groups excluding carboxylic acids is 1. The fourth-order valence-corrected chi connectivity index (χ4v) is 5.69. The SMILES string of the molecule is Cc1cc2nc(-c3cccc(NC(=S)NC(=O)c4sc5cc(Cl)ccc5c4Cl)c3C)oc2cc1C. The van der Waals surface area contributed by atoms with Crippen molar-refractivity contribution >= 4 is 84.6 Å². The molecule has 9 heteroatoms. The van der Waals surface area contributed by atoms with E-state index in [1.807, 2.05) is 44.2 Å². The molecule has 0 bridgehead atoms. The number of thiocarbonyl (C=S) groups is 1. The third-order valence-corrected chi connectivity index (χ3v) is 7.94. The van der Waals surface area contributed by atoms with Crippen LogP contribution in [0.15, 0.2) is 52.9 Å². The van der Waals surface area contributed by atoms with Gasteiger partial charge in [0.1, 0.15) is 10.4 Å². The van der Waals surface area contributed by atoms with Crippen LogP contribution >= 0.6 is 46.8 Å². The van der Waals surface area contributed by atoms with E-state index in [4.69, 9.17) is 39.8 Å². The van der Waals surface area contributed by atoms with E-state index >= 15 is 0 Å². The first kappa shape index (κ1) is 23.8. The third-order valence-electron chi connectivity index (χ3n) is 5.84. The summed E-state index contributed by atoms with van der Waals surface area (Å²) in [4.78, 5) is 17.9. The van der Waals surface area contributed by atoms with Crippen LogP contribution < -0.4 is 10.6 Å². The summed E-state index contributed by atoms with van der Waals surface area (Å²) >= 11 is 19.2. The summed E-state index contributed by atoms with van der Waals surface area (Å²) in [5, 5.41) is 7.71. The molecule has 0 unspecified atom stereocenters. The number of aromatic nitrogens is 1. The smallest absolute Gasteiger partial charge is 0.269 e. The molecule has 0 saturated carbocycles.